The van der Waals surface area contributed by atoms with E-state index in [4.69, 9.17) is 0 Å². The summed E-state index contributed by atoms with van der Waals surface area (Å²) in [5.74, 6) is 1.11. The molecule has 0 atom stereocenters. The van der Waals surface area contributed by atoms with E-state index in [2.05, 4.69) is 38.6 Å². The number of anilines is 1. The number of amides is 1. The molecule has 1 saturated heterocycles. The summed E-state index contributed by atoms with van der Waals surface area (Å²) in [6.07, 6.45) is 2.54. The Hall–Kier alpha value is -2.43. The normalized spacial score (nSPS) is 19.5. The number of carbonyl (C=O) groups excluding carboxylic acids is 1. The largest absolute Gasteiger partial charge is 0.355 e. The molecule has 0 unspecified atom stereocenters. The lowest BCUT2D eigenvalue weighted by molar-refractivity contribution is -0.132. The summed E-state index contributed by atoms with van der Waals surface area (Å²) in [5, 5.41) is 11.6. The van der Waals surface area contributed by atoms with Gasteiger partial charge in [-0.15, -0.1) is 5.10 Å². The summed E-state index contributed by atoms with van der Waals surface area (Å²) in [6.45, 7) is 4.26. The molecular formula is C19H22N4O. The zero-order chi connectivity index (χ0) is 16.6. The van der Waals surface area contributed by atoms with Gasteiger partial charge in [0.15, 0.2) is 5.82 Å². The molecule has 24 heavy (non-hydrogen) atoms. The molecule has 2 aliphatic rings. The SMILES string of the molecule is Cc1ccc(N2CCC3(CC2)Cc2ccccc2CNC3=O)nn1. The smallest absolute Gasteiger partial charge is 0.226 e. The van der Waals surface area contributed by atoms with Gasteiger partial charge in [0.2, 0.25) is 5.91 Å². The van der Waals surface area contributed by atoms with Crippen molar-refractivity contribution in [1.29, 1.82) is 0 Å². The number of benzene rings is 1. The number of hydrogen-bond donors (Lipinski definition) is 1. The highest BCUT2D eigenvalue weighted by Gasteiger charge is 2.43. The molecule has 0 aliphatic carbocycles. The van der Waals surface area contributed by atoms with E-state index in [1.54, 1.807) is 0 Å². The number of piperidine rings is 1. The Balaban J connectivity index is 1.54. The van der Waals surface area contributed by atoms with Crippen LogP contribution in [0, 0.1) is 12.3 Å². The highest BCUT2D eigenvalue weighted by atomic mass is 16.2. The molecule has 1 amide bonds. The van der Waals surface area contributed by atoms with Crippen LogP contribution in [-0.2, 0) is 17.8 Å². The lowest BCUT2D eigenvalue weighted by Gasteiger charge is -2.40. The molecule has 1 aromatic heterocycles. The first-order chi connectivity index (χ1) is 11.7. The minimum absolute atomic E-state index is 0.202. The third-order valence-corrected chi connectivity index (χ3v) is 5.40. The fourth-order valence-electron chi connectivity index (χ4n) is 3.84. The van der Waals surface area contributed by atoms with E-state index < -0.39 is 0 Å². The Morgan fingerprint density at radius 3 is 2.50 bits per heavy atom. The van der Waals surface area contributed by atoms with Crippen molar-refractivity contribution >= 4 is 11.7 Å². The zero-order valence-electron chi connectivity index (χ0n) is 14.0. The maximum Gasteiger partial charge on any atom is 0.226 e. The second-order valence-electron chi connectivity index (χ2n) is 6.93. The van der Waals surface area contributed by atoms with E-state index in [1.807, 2.05) is 25.1 Å². The highest BCUT2D eigenvalue weighted by Crippen LogP contribution is 2.38. The first-order valence-corrected chi connectivity index (χ1v) is 8.57. The van der Waals surface area contributed by atoms with E-state index in [9.17, 15) is 4.79 Å². The minimum atomic E-state index is -0.290. The van der Waals surface area contributed by atoms with E-state index in [-0.39, 0.29) is 11.3 Å². The number of aryl methyl sites for hydroxylation is 1. The maximum absolute atomic E-state index is 12.8. The van der Waals surface area contributed by atoms with Crippen LogP contribution < -0.4 is 10.2 Å². The molecule has 5 nitrogen and oxygen atoms in total. The molecule has 124 valence electrons. The number of nitrogens with zero attached hydrogens (tertiary/aromatic N) is 3. The monoisotopic (exact) mass is 322 g/mol. The van der Waals surface area contributed by atoms with Crippen LogP contribution in [0.5, 0.6) is 0 Å². The summed E-state index contributed by atoms with van der Waals surface area (Å²) in [6, 6.07) is 12.4. The van der Waals surface area contributed by atoms with Gasteiger partial charge in [0, 0.05) is 19.6 Å². The topological polar surface area (TPSA) is 58.1 Å². The van der Waals surface area contributed by atoms with Crippen molar-refractivity contribution in [3.8, 4) is 0 Å². The van der Waals surface area contributed by atoms with E-state index >= 15 is 0 Å². The second kappa shape index (κ2) is 5.89. The van der Waals surface area contributed by atoms with Crippen molar-refractivity contribution in [1.82, 2.24) is 15.5 Å². The van der Waals surface area contributed by atoms with Gasteiger partial charge in [0.25, 0.3) is 0 Å². The number of nitrogens with one attached hydrogen (secondary N) is 1. The summed E-state index contributed by atoms with van der Waals surface area (Å²) in [5.41, 5.74) is 3.18. The average molecular weight is 322 g/mol. The predicted octanol–water partition coefficient (Wildman–Crippen LogP) is 2.24. The van der Waals surface area contributed by atoms with Crippen LogP contribution in [0.1, 0.15) is 29.7 Å². The Kier molecular flexibility index (Phi) is 3.71. The van der Waals surface area contributed by atoms with Gasteiger partial charge in [0.1, 0.15) is 0 Å². The number of aromatic nitrogens is 2. The lowest BCUT2D eigenvalue weighted by Crippen LogP contribution is -2.49. The molecule has 2 aromatic rings. The number of fused-ring (bicyclic) bond motifs is 1. The van der Waals surface area contributed by atoms with Gasteiger partial charge in [-0.1, -0.05) is 24.3 Å². The molecule has 0 radical (unpaired) electrons. The van der Waals surface area contributed by atoms with Crippen LogP contribution in [0.2, 0.25) is 0 Å². The fraction of sp³-hybridized carbons (Fsp3) is 0.421. The Labute approximate surface area is 142 Å². The van der Waals surface area contributed by atoms with Crippen LogP contribution in [0.15, 0.2) is 36.4 Å². The number of carbonyl (C=O) groups is 1. The van der Waals surface area contributed by atoms with Gasteiger partial charge in [-0.3, -0.25) is 4.79 Å². The van der Waals surface area contributed by atoms with Crippen molar-refractivity contribution in [3.63, 3.8) is 0 Å². The quantitative estimate of drug-likeness (QED) is 0.875. The van der Waals surface area contributed by atoms with Gasteiger partial charge in [-0.2, -0.15) is 5.10 Å². The molecule has 1 aromatic carbocycles. The molecule has 3 heterocycles. The van der Waals surface area contributed by atoms with Gasteiger partial charge >= 0.3 is 0 Å². The van der Waals surface area contributed by atoms with Crippen molar-refractivity contribution < 1.29 is 4.79 Å². The van der Waals surface area contributed by atoms with Crippen LogP contribution in [-0.4, -0.2) is 29.2 Å². The van der Waals surface area contributed by atoms with Crippen LogP contribution in [0.3, 0.4) is 0 Å². The van der Waals surface area contributed by atoms with Crippen LogP contribution in [0.25, 0.3) is 0 Å². The van der Waals surface area contributed by atoms with E-state index in [0.717, 1.165) is 43.9 Å². The van der Waals surface area contributed by atoms with Crippen molar-refractivity contribution in [2.24, 2.45) is 5.41 Å². The highest BCUT2D eigenvalue weighted by molar-refractivity contribution is 5.84. The van der Waals surface area contributed by atoms with Crippen LogP contribution >= 0.6 is 0 Å². The molecule has 1 fully saturated rings. The molecule has 1 N–H and O–H groups in total. The van der Waals surface area contributed by atoms with Crippen LogP contribution in [0.4, 0.5) is 5.82 Å². The van der Waals surface area contributed by atoms with E-state index in [1.165, 1.54) is 11.1 Å². The Morgan fingerprint density at radius 1 is 1.04 bits per heavy atom. The van der Waals surface area contributed by atoms with Crippen molar-refractivity contribution in [3.05, 3.63) is 53.2 Å². The van der Waals surface area contributed by atoms with E-state index in [0.29, 0.717) is 6.54 Å². The first kappa shape index (κ1) is 15.1. The van der Waals surface area contributed by atoms with Gasteiger partial charge in [-0.05, 0) is 49.4 Å². The first-order valence-electron chi connectivity index (χ1n) is 8.57. The number of rotatable bonds is 1. The lowest BCUT2D eigenvalue weighted by atomic mass is 9.73. The molecule has 2 aliphatic heterocycles. The summed E-state index contributed by atoms with van der Waals surface area (Å²) in [7, 11) is 0. The Morgan fingerprint density at radius 2 is 1.79 bits per heavy atom. The van der Waals surface area contributed by atoms with Gasteiger partial charge in [0.05, 0.1) is 11.1 Å². The Bertz CT molecular complexity index is 748. The minimum Gasteiger partial charge on any atom is -0.355 e. The third-order valence-electron chi connectivity index (χ3n) is 5.40. The molecule has 0 saturated carbocycles. The fourth-order valence-corrected chi connectivity index (χ4v) is 3.84. The molecule has 5 heteroatoms. The maximum atomic E-state index is 12.8. The summed E-state index contributed by atoms with van der Waals surface area (Å²) >= 11 is 0. The molecule has 0 bridgehead atoms. The van der Waals surface area contributed by atoms with Gasteiger partial charge < -0.3 is 10.2 Å². The standard InChI is InChI=1S/C19H22N4O/c1-14-6-7-17(22-21-14)23-10-8-19(9-11-23)12-15-4-2-3-5-16(15)13-20-18(19)24/h2-7H,8-13H2,1H3,(H,20,24). The summed E-state index contributed by atoms with van der Waals surface area (Å²) in [4.78, 5) is 15.0. The van der Waals surface area contributed by atoms with Crippen molar-refractivity contribution in [2.75, 3.05) is 18.0 Å². The molecular weight excluding hydrogens is 300 g/mol. The van der Waals surface area contributed by atoms with Crippen molar-refractivity contribution in [2.45, 2.75) is 32.7 Å². The summed E-state index contributed by atoms with van der Waals surface area (Å²) < 4.78 is 0. The third kappa shape index (κ3) is 2.64. The number of hydrogen-bond acceptors (Lipinski definition) is 4. The van der Waals surface area contributed by atoms with Gasteiger partial charge in [-0.25, -0.2) is 0 Å². The molecule has 1 spiro atoms. The average Bonchev–Trinajstić information content (AvgIpc) is 2.74. The zero-order valence-corrected chi connectivity index (χ0v) is 14.0. The molecule has 4 rings (SSSR count). The second-order valence-corrected chi connectivity index (χ2v) is 6.93. The predicted molar refractivity (Wildman–Crippen MR) is 92.6 cm³/mol.